The highest BCUT2D eigenvalue weighted by atomic mass is 16.5. The zero-order valence-corrected chi connectivity index (χ0v) is 8.66. The van der Waals surface area contributed by atoms with Crippen molar-refractivity contribution < 1.29 is 19.4 Å². The Bertz CT molecular complexity index is 281. The van der Waals surface area contributed by atoms with Crippen LogP contribution in [0.1, 0.15) is 19.8 Å². The average Bonchev–Trinajstić information content (AvgIpc) is 2.11. The molecule has 84 valence electrons. The van der Waals surface area contributed by atoms with Gasteiger partial charge in [-0.2, -0.15) is 0 Å². The van der Waals surface area contributed by atoms with E-state index in [-0.39, 0.29) is 6.61 Å². The van der Waals surface area contributed by atoms with Crippen molar-refractivity contribution in [2.24, 2.45) is 5.92 Å². The minimum absolute atomic E-state index is 0.0804. The highest BCUT2D eigenvalue weighted by Crippen LogP contribution is 2.37. The van der Waals surface area contributed by atoms with Crippen molar-refractivity contribution in [1.29, 1.82) is 0 Å². The molecule has 1 amide bonds. The van der Waals surface area contributed by atoms with Crippen LogP contribution in [0.4, 0.5) is 4.79 Å². The lowest BCUT2D eigenvalue weighted by Crippen LogP contribution is -2.62. The molecule has 0 aromatic carbocycles. The number of hydrogen-bond acceptors (Lipinski definition) is 3. The Hall–Kier alpha value is -1.52. The van der Waals surface area contributed by atoms with E-state index >= 15 is 0 Å². The van der Waals surface area contributed by atoms with Crippen LogP contribution in [-0.4, -0.2) is 29.3 Å². The highest BCUT2D eigenvalue weighted by Gasteiger charge is 2.50. The summed E-state index contributed by atoms with van der Waals surface area (Å²) < 4.78 is 4.68. The van der Waals surface area contributed by atoms with Crippen LogP contribution in [-0.2, 0) is 9.53 Å². The number of rotatable bonds is 4. The molecular weight excluding hydrogens is 198 g/mol. The van der Waals surface area contributed by atoms with Crippen LogP contribution in [0, 0.1) is 5.92 Å². The maximum absolute atomic E-state index is 11.2. The Morgan fingerprint density at radius 2 is 2.27 bits per heavy atom. The fourth-order valence-corrected chi connectivity index (χ4v) is 1.83. The number of carboxylic acid groups (broad SMARTS) is 1. The first-order valence-corrected chi connectivity index (χ1v) is 4.79. The molecule has 1 aliphatic rings. The number of alkyl carbamates (subject to hydrolysis) is 1. The molecule has 1 saturated carbocycles. The zero-order chi connectivity index (χ0) is 11.5. The minimum atomic E-state index is -1.13. The highest BCUT2D eigenvalue weighted by molar-refractivity contribution is 5.85. The quantitative estimate of drug-likeness (QED) is 0.687. The van der Waals surface area contributed by atoms with Crippen molar-refractivity contribution in [3.8, 4) is 0 Å². The second-order valence-corrected chi connectivity index (χ2v) is 3.91. The van der Waals surface area contributed by atoms with Crippen LogP contribution < -0.4 is 5.32 Å². The molecule has 2 N–H and O–H groups in total. The molecule has 0 aliphatic heterocycles. The predicted octanol–water partition coefficient (Wildman–Crippen LogP) is 1.15. The third-order valence-corrected chi connectivity index (χ3v) is 2.48. The lowest BCUT2D eigenvalue weighted by Gasteiger charge is -2.42. The summed E-state index contributed by atoms with van der Waals surface area (Å²) in [7, 11) is 0. The van der Waals surface area contributed by atoms with E-state index in [2.05, 4.69) is 16.6 Å². The molecule has 0 radical (unpaired) electrons. The van der Waals surface area contributed by atoms with Crippen molar-refractivity contribution in [1.82, 2.24) is 5.32 Å². The minimum Gasteiger partial charge on any atom is -0.480 e. The van der Waals surface area contributed by atoms with E-state index in [0.717, 1.165) is 0 Å². The molecule has 0 heterocycles. The third kappa shape index (κ3) is 2.49. The molecular formula is C10H15NO4. The molecule has 5 nitrogen and oxygen atoms in total. The fourth-order valence-electron chi connectivity index (χ4n) is 1.83. The average molecular weight is 213 g/mol. The van der Waals surface area contributed by atoms with Gasteiger partial charge in [0.2, 0.25) is 0 Å². The monoisotopic (exact) mass is 213 g/mol. The molecule has 0 saturated heterocycles. The second-order valence-electron chi connectivity index (χ2n) is 3.91. The molecule has 15 heavy (non-hydrogen) atoms. The van der Waals surface area contributed by atoms with Crippen LogP contribution >= 0.6 is 0 Å². The first kappa shape index (κ1) is 11.6. The number of carbonyl (C=O) groups excluding carboxylic acids is 1. The van der Waals surface area contributed by atoms with E-state index in [4.69, 9.17) is 5.11 Å². The maximum atomic E-state index is 11.2. The number of carbonyl (C=O) groups is 2. The zero-order valence-electron chi connectivity index (χ0n) is 8.66. The number of hydrogen-bond donors (Lipinski definition) is 2. The summed E-state index contributed by atoms with van der Waals surface area (Å²) in [5, 5.41) is 11.4. The summed E-state index contributed by atoms with van der Waals surface area (Å²) in [6.45, 7) is 5.41. The van der Waals surface area contributed by atoms with E-state index in [9.17, 15) is 9.59 Å². The van der Waals surface area contributed by atoms with Gasteiger partial charge in [0, 0.05) is 0 Å². The van der Waals surface area contributed by atoms with Gasteiger partial charge in [0.1, 0.15) is 12.1 Å². The van der Waals surface area contributed by atoms with Gasteiger partial charge in [-0.25, -0.2) is 9.59 Å². The van der Waals surface area contributed by atoms with E-state index < -0.39 is 17.6 Å². The molecule has 5 heteroatoms. The van der Waals surface area contributed by atoms with Crippen molar-refractivity contribution in [3.63, 3.8) is 0 Å². The normalized spacial score (nSPS) is 28.7. The maximum Gasteiger partial charge on any atom is 0.408 e. The van der Waals surface area contributed by atoms with Gasteiger partial charge >= 0.3 is 12.1 Å². The van der Waals surface area contributed by atoms with Gasteiger partial charge in [-0.3, -0.25) is 0 Å². The van der Waals surface area contributed by atoms with Crippen LogP contribution in [0.2, 0.25) is 0 Å². The second kappa shape index (κ2) is 4.33. The van der Waals surface area contributed by atoms with Crippen molar-refractivity contribution >= 4 is 12.1 Å². The van der Waals surface area contributed by atoms with Crippen molar-refractivity contribution in [2.75, 3.05) is 6.61 Å². The molecule has 1 aliphatic carbocycles. The lowest BCUT2D eigenvalue weighted by atomic mass is 9.69. The van der Waals surface area contributed by atoms with E-state index in [1.165, 1.54) is 6.08 Å². The molecule has 0 unspecified atom stereocenters. The summed E-state index contributed by atoms with van der Waals surface area (Å²) in [5.74, 6) is -0.683. The summed E-state index contributed by atoms with van der Waals surface area (Å²) >= 11 is 0. The number of carboxylic acids is 1. The Balaban J connectivity index is 2.50. The van der Waals surface area contributed by atoms with Crippen molar-refractivity contribution in [3.05, 3.63) is 12.7 Å². The Morgan fingerprint density at radius 3 is 2.67 bits per heavy atom. The van der Waals surface area contributed by atoms with Gasteiger partial charge < -0.3 is 15.2 Å². The van der Waals surface area contributed by atoms with Crippen LogP contribution in [0.5, 0.6) is 0 Å². The van der Waals surface area contributed by atoms with E-state index in [0.29, 0.717) is 18.8 Å². The molecule has 0 spiro atoms. The van der Waals surface area contributed by atoms with Gasteiger partial charge in [-0.15, -0.1) is 0 Å². The first-order chi connectivity index (χ1) is 7.00. The fraction of sp³-hybridized carbons (Fsp3) is 0.600. The predicted molar refractivity (Wildman–Crippen MR) is 53.4 cm³/mol. The Kier molecular flexibility index (Phi) is 3.34. The van der Waals surface area contributed by atoms with E-state index in [1.54, 1.807) is 0 Å². The number of nitrogens with one attached hydrogen (secondary N) is 1. The molecule has 1 fully saturated rings. The summed E-state index contributed by atoms with van der Waals surface area (Å²) in [6.07, 6.45) is 1.62. The summed E-state index contributed by atoms with van der Waals surface area (Å²) in [4.78, 5) is 22.1. The van der Waals surface area contributed by atoms with Gasteiger partial charge in [-0.05, 0) is 18.8 Å². The SMILES string of the molecule is C=CCOC(=O)NC1(C(=O)O)CC(C)C1. The third-order valence-electron chi connectivity index (χ3n) is 2.48. The van der Waals surface area contributed by atoms with Crippen LogP contribution in [0.15, 0.2) is 12.7 Å². The van der Waals surface area contributed by atoms with Crippen LogP contribution in [0.25, 0.3) is 0 Å². The van der Waals surface area contributed by atoms with Gasteiger partial charge in [0.15, 0.2) is 0 Å². The standard InChI is InChI=1S/C10H15NO4/c1-3-4-15-9(14)11-10(8(12)13)5-7(2)6-10/h3,7H,1,4-6H2,2H3,(H,11,14)(H,12,13). The lowest BCUT2D eigenvalue weighted by molar-refractivity contribution is -0.150. The summed E-state index contributed by atoms with van der Waals surface area (Å²) in [6, 6.07) is 0. The Morgan fingerprint density at radius 1 is 1.67 bits per heavy atom. The van der Waals surface area contributed by atoms with Gasteiger partial charge in [0.25, 0.3) is 0 Å². The van der Waals surface area contributed by atoms with Crippen molar-refractivity contribution in [2.45, 2.75) is 25.3 Å². The largest absolute Gasteiger partial charge is 0.480 e. The molecule has 1 rings (SSSR count). The van der Waals surface area contributed by atoms with E-state index in [1.807, 2.05) is 6.92 Å². The number of aliphatic carboxylic acids is 1. The summed E-state index contributed by atoms with van der Waals surface area (Å²) in [5.41, 5.74) is -1.13. The number of ether oxygens (including phenoxy) is 1. The van der Waals surface area contributed by atoms with Gasteiger partial charge in [0.05, 0.1) is 0 Å². The molecule has 0 aromatic heterocycles. The topological polar surface area (TPSA) is 75.6 Å². The molecule has 0 bridgehead atoms. The van der Waals surface area contributed by atoms with Gasteiger partial charge in [-0.1, -0.05) is 19.6 Å². The van der Waals surface area contributed by atoms with Crippen LogP contribution in [0.3, 0.4) is 0 Å². The number of amides is 1. The first-order valence-electron chi connectivity index (χ1n) is 4.79. The smallest absolute Gasteiger partial charge is 0.408 e. The molecule has 0 aromatic rings. The molecule has 0 atom stereocenters. The Labute approximate surface area is 88.1 Å².